The molecule has 0 aromatic carbocycles. The second-order valence-corrected chi connectivity index (χ2v) is 6.31. The van der Waals surface area contributed by atoms with E-state index >= 15 is 0 Å². The molecule has 0 saturated heterocycles. The molecule has 0 N–H and O–H groups in total. The second kappa shape index (κ2) is 6.70. The van der Waals surface area contributed by atoms with Gasteiger partial charge in [0.25, 0.3) is 0 Å². The fourth-order valence-corrected chi connectivity index (χ4v) is 4.62. The van der Waals surface area contributed by atoms with Crippen molar-refractivity contribution in [3.8, 4) is 0 Å². The van der Waals surface area contributed by atoms with Crippen molar-refractivity contribution < 1.29 is 0 Å². The highest BCUT2D eigenvalue weighted by atomic mass is 28.2. The molecule has 0 aliphatic heterocycles. The first-order chi connectivity index (χ1) is 5.74. The molecule has 0 atom stereocenters. The Balaban J connectivity index is 4.06. The van der Waals surface area contributed by atoms with Gasteiger partial charge < -0.3 is 0 Å². The fourth-order valence-electron chi connectivity index (χ4n) is 2.50. The Morgan fingerprint density at radius 3 is 1.33 bits per heavy atom. The second-order valence-electron chi connectivity index (χ2n) is 4.10. The quantitative estimate of drug-likeness (QED) is 0.531. The molecule has 0 aromatic rings. The molecule has 0 heterocycles. The van der Waals surface area contributed by atoms with E-state index in [0.29, 0.717) is 0 Å². The van der Waals surface area contributed by atoms with Crippen molar-refractivity contribution in [2.45, 2.75) is 70.9 Å². The molecule has 74 valence electrons. The standard InChI is InChI=1S/C11H26Si/c1-5-8-11(12-4,9-6-2)10-7-3/h5-10,12H2,1-4H3. The fraction of sp³-hybridized carbons (Fsp3) is 1.00. The lowest BCUT2D eigenvalue weighted by molar-refractivity contribution is 0.425. The lowest BCUT2D eigenvalue weighted by Crippen LogP contribution is -2.18. The summed E-state index contributed by atoms with van der Waals surface area (Å²) in [6.45, 7) is 9.51. The molecule has 0 nitrogen and oxygen atoms in total. The Kier molecular flexibility index (Phi) is 6.82. The van der Waals surface area contributed by atoms with Crippen molar-refractivity contribution in [2.75, 3.05) is 0 Å². The van der Waals surface area contributed by atoms with Crippen LogP contribution in [0.2, 0.25) is 11.6 Å². The summed E-state index contributed by atoms with van der Waals surface area (Å²) in [5, 5.41) is 0.832. The van der Waals surface area contributed by atoms with E-state index in [9.17, 15) is 0 Å². The first kappa shape index (κ1) is 12.2. The van der Waals surface area contributed by atoms with E-state index in [2.05, 4.69) is 27.3 Å². The van der Waals surface area contributed by atoms with Crippen molar-refractivity contribution in [1.82, 2.24) is 0 Å². The molecule has 0 radical (unpaired) electrons. The van der Waals surface area contributed by atoms with Crippen LogP contribution < -0.4 is 0 Å². The molecule has 0 saturated carbocycles. The van der Waals surface area contributed by atoms with Crippen LogP contribution in [-0.2, 0) is 0 Å². The predicted molar refractivity (Wildman–Crippen MR) is 61.8 cm³/mol. The van der Waals surface area contributed by atoms with E-state index in [1.807, 2.05) is 0 Å². The van der Waals surface area contributed by atoms with Crippen LogP contribution in [0.15, 0.2) is 0 Å². The molecule has 0 bridgehead atoms. The van der Waals surface area contributed by atoms with Crippen molar-refractivity contribution in [3.63, 3.8) is 0 Å². The van der Waals surface area contributed by atoms with Gasteiger partial charge in [-0.05, 0) is 5.04 Å². The van der Waals surface area contributed by atoms with Gasteiger partial charge in [-0.25, -0.2) is 0 Å². The van der Waals surface area contributed by atoms with Gasteiger partial charge in [-0.1, -0.05) is 65.8 Å². The minimum Gasteiger partial charge on any atom is -0.0744 e. The summed E-state index contributed by atoms with van der Waals surface area (Å²) in [5.74, 6) is 0. The van der Waals surface area contributed by atoms with Gasteiger partial charge in [0.1, 0.15) is 0 Å². The molecule has 1 heteroatoms. The van der Waals surface area contributed by atoms with Gasteiger partial charge >= 0.3 is 0 Å². The molecule has 12 heavy (non-hydrogen) atoms. The third-order valence-electron chi connectivity index (χ3n) is 3.09. The predicted octanol–water partition coefficient (Wildman–Crippen LogP) is 3.76. The summed E-state index contributed by atoms with van der Waals surface area (Å²) in [7, 11) is 0.188. The Morgan fingerprint density at radius 1 is 0.833 bits per heavy atom. The minimum absolute atomic E-state index is 0.188. The zero-order valence-electron chi connectivity index (χ0n) is 9.45. The van der Waals surface area contributed by atoms with Crippen LogP contribution >= 0.6 is 0 Å². The van der Waals surface area contributed by atoms with Crippen molar-refractivity contribution in [3.05, 3.63) is 0 Å². The molecule has 0 aliphatic rings. The smallest absolute Gasteiger partial charge is 0.0240 e. The highest BCUT2D eigenvalue weighted by Crippen LogP contribution is 2.41. The van der Waals surface area contributed by atoms with E-state index in [0.717, 1.165) is 5.04 Å². The van der Waals surface area contributed by atoms with Crippen LogP contribution in [0.25, 0.3) is 0 Å². The van der Waals surface area contributed by atoms with Gasteiger partial charge in [-0.2, -0.15) is 0 Å². The largest absolute Gasteiger partial charge is 0.0744 e. The SMILES string of the molecule is CCCC(CCC)(CCC)[SiH2]C. The number of hydrogen-bond donors (Lipinski definition) is 0. The molecule has 0 aliphatic carbocycles. The van der Waals surface area contributed by atoms with Crippen LogP contribution in [0.4, 0.5) is 0 Å². The maximum absolute atomic E-state index is 2.50. The average Bonchev–Trinajstić information content (AvgIpc) is 2.06. The minimum atomic E-state index is 0.188. The monoisotopic (exact) mass is 186 g/mol. The van der Waals surface area contributed by atoms with Crippen LogP contribution in [0.5, 0.6) is 0 Å². The highest BCUT2D eigenvalue weighted by molar-refractivity contribution is 6.38. The summed E-state index contributed by atoms with van der Waals surface area (Å²) in [6.07, 6.45) is 8.66. The van der Waals surface area contributed by atoms with E-state index < -0.39 is 0 Å². The summed E-state index contributed by atoms with van der Waals surface area (Å²) in [4.78, 5) is 0. The number of rotatable bonds is 7. The zero-order valence-corrected chi connectivity index (χ0v) is 10.9. The Bertz CT molecular complexity index is 82.2. The zero-order chi connectivity index (χ0) is 9.45. The summed E-state index contributed by atoms with van der Waals surface area (Å²) in [6, 6.07) is 0. The van der Waals surface area contributed by atoms with Gasteiger partial charge in [0, 0.05) is 9.52 Å². The third kappa shape index (κ3) is 3.75. The maximum atomic E-state index is 2.50. The third-order valence-corrected chi connectivity index (χ3v) is 5.65. The van der Waals surface area contributed by atoms with Gasteiger partial charge in [0.15, 0.2) is 0 Å². The molecule has 0 amide bonds. The average molecular weight is 186 g/mol. The molecular weight excluding hydrogens is 160 g/mol. The summed E-state index contributed by atoms with van der Waals surface area (Å²) < 4.78 is 0. The topological polar surface area (TPSA) is 0 Å². The van der Waals surface area contributed by atoms with E-state index in [-0.39, 0.29) is 9.52 Å². The Labute approximate surface area is 81.0 Å². The molecular formula is C11H26Si. The van der Waals surface area contributed by atoms with Crippen molar-refractivity contribution in [2.24, 2.45) is 0 Å². The lowest BCUT2D eigenvalue weighted by atomic mass is 9.92. The number of hydrogen-bond acceptors (Lipinski definition) is 0. The van der Waals surface area contributed by atoms with Crippen LogP contribution in [0, 0.1) is 0 Å². The first-order valence-corrected chi connectivity index (χ1v) is 7.86. The molecule has 0 rings (SSSR count). The molecule has 0 aromatic heterocycles. The van der Waals surface area contributed by atoms with Crippen LogP contribution in [0.1, 0.15) is 59.3 Å². The van der Waals surface area contributed by atoms with E-state index in [4.69, 9.17) is 0 Å². The van der Waals surface area contributed by atoms with Crippen molar-refractivity contribution >= 4 is 9.52 Å². The lowest BCUT2D eigenvalue weighted by Gasteiger charge is -2.32. The highest BCUT2D eigenvalue weighted by Gasteiger charge is 2.24. The van der Waals surface area contributed by atoms with Gasteiger partial charge in [0.05, 0.1) is 0 Å². The van der Waals surface area contributed by atoms with E-state index in [1.54, 1.807) is 0 Å². The maximum Gasteiger partial charge on any atom is 0.0240 e. The van der Waals surface area contributed by atoms with Gasteiger partial charge in [0.2, 0.25) is 0 Å². The Hall–Kier alpha value is 0.217. The van der Waals surface area contributed by atoms with Crippen LogP contribution in [-0.4, -0.2) is 9.52 Å². The normalized spacial score (nSPS) is 13.0. The van der Waals surface area contributed by atoms with E-state index in [1.165, 1.54) is 38.5 Å². The molecule has 0 unspecified atom stereocenters. The van der Waals surface area contributed by atoms with Gasteiger partial charge in [-0.15, -0.1) is 0 Å². The van der Waals surface area contributed by atoms with Gasteiger partial charge in [-0.3, -0.25) is 0 Å². The first-order valence-electron chi connectivity index (χ1n) is 5.74. The molecule has 0 fully saturated rings. The Morgan fingerprint density at radius 2 is 1.17 bits per heavy atom. The van der Waals surface area contributed by atoms with Crippen LogP contribution in [0.3, 0.4) is 0 Å². The summed E-state index contributed by atoms with van der Waals surface area (Å²) >= 11 is 0. The molecule has 0 spiro atoms. The van der Waals surface area contributed by atoms with Crippen molar-refractivity contribution in [1.29, 1.82) is 0 Å². The summed E-state index contributed by atoms with van der Waals surface area (Å²) in [5.41, 5.74) is 0.